The first-order valence-corrected chi connectivity index (χ1v) is 5.35. The van der Waals surface area contributed by atoms with Crippen molar-refractivity contribution in [2.75, 3.05) is 6.61 Å². The van der Waals surface area contributed by atoms with Gasteiger partial charge in [-0.05, 0) is 32.4 Å². The van der Waals surface area contributed by atoms with Crippen molar-refractivity contribution in [1.82, 2.24) is 0 Å². The van der Waals surface area contributed by atoms with Gasteiger partial charge in [0, 0.05) is 11.1 Å². The first-order chi connectivity index (χ1) is 7.97. The molecule has 0 unspecified atom stereocenters. The van der Waals surface area contributed by atoms with E-state index < -0.39 is 5.97 Å². The summed E-state index contributed by atoms with van der Waals surface area (Å²) in [6.45, 7) is 5.14. The highest BCUT2D eigenvalue weighted by Gasteiger charge is 2.16. The lowest BCUT2D eigenvalue weighted by Crippen LogP contribution is -2.19. The summed E-state index contributed by atoms with van der Waals surface area (Å²) in [6, 6.07) is 4.95. The van der Waals surface area contributed by atoms with E-state index in [2.05, 4.69) is 0 Å². The topological polar surface area (TPSA) is 67.2 Å². The van der Waals surface area contributed by atoms with Crippen LogP contribution < -0.4 is 0 Å². The lowest BCUT2D eigenvalue weighted by Gasteiger charge is -2.08. The van der Waals surface area contributed by atoms with Crippen molar-refractivity contribution in [2.24, 2.45) is 0 Å². The largest absolute Gasteiger partial charge is 0.461 e. The molecular weight excluding hydrogens is 218 g/mol. The van der Waals surface area contributed by atoms with Gasteiger partial charge in [-0.25, -0.2) is 4.79 Å². The van der Waals surface area contributed by atoms with Crippen molar-refractivity contribution in [1.29, 1.82) is 5.41 Å². The number of ketones is 1. The Labute approximate surface area is 100 Å². The zero-order chi connectivity index (χ0) is 13.0. The van der Waals surface area contributed by atoms with Crippen molar-refractivity contribution >= 4 is 17.5 Å². The van der Waals surface area contributed by atoms with Crippen LogP contribution in [0.3, 0.4) is 0 Å². The fourth-order valence-corrected chi connectivity index (χ4v) is 1.42. The summed E-state index contributed by atoms with van der Waals surface area (Å²) in [5.41, 5.74) is 1.48. The second kappa shape index (κ2) is 5.39. The van der Waals surface area contributed by atoms with Crippen molar-refractivity contribution < 1.29 is 14.3 Å². The summed E-state index contributed by atoms with van der Waals surface area (Å²) in [5.74, 6) is -0.765. The molecule has 0 aliphatic carbocycles. The Kier molecular flexibility index (Phi) is 4.15. The number of carbonyl (C=O) groups excluding carboxylic acids is 2. The molecule has 17 heavy (non-hydrogen) atoms. The first-order valence-electron chi connectivity index (χ1n) is 5.35. The molecule has 0 heterocycles. The monoisotopic (exact) mass is 233 g/mol. The van der Waals surface area contributed by atoms with Gasteiger partial charge in [-0.3, -0.25) is 10.2 Å². The Hall–Kier alpha value is -1.97. The van der Waals surface area contributed by atoms with E-state index in [0.717, 1.165) is 5.56 Å². The molecule has 0 aliphatic rings. The molecular formula is C13H15NO3. The highest BCUT2D eigenvalue weighted by atomic mass is 16.5. The summed E-state index contributed by atoms with van der Waals surface area (Å²) >= 11 is 0. The molecule has 4 nitrogen and oxygen atoms in total. The van der Waals surface area contributed by atoms with Crippen molar-refractivity contribution in [3.05, 3.63) is 34.9 Å². The molecule has 90 valence electrons. The van der Waals surface area contributed by atoms with Crippen LogP contribution in [0.15, 0.2) is 18.2 Å². The first kappa shape index (κ1) is 13.1. The SMILES string of the molecule is CCOC(=O)C(=N)c1cc(C(C)=O)ccc1C. The molecule has 4 heteroatoms. The number of hydrogen-bond donors (Lipinski definition) is 1. The van der Waals surface area contributed by atoms with Gasteiger partial charge in [0.2, 0.25) is 0 Å². The van der Waals surface area contributed by atoms with E-state index in [1.165, 1.54) is 6.92 Å². The molecule has 0 atom stereocenters. The van der Waals surface area contributed by atoms with Crippen LogP contribution in [0, 0.1) is 12.3 Å². The minimum atomic E-state index is -0.670. The predicted molar refractivity (Wildman–Crippen MR) is 64.6 cm³/mol. The van der Waals surface area contributed by atoms with Crippen molar-refractivity contribution in [2.45, 2.75) is 20.8 Å². The van der Waals surface area contributed by atoms with E-state index in [-0.39, 0.29) is 18.1 Å². The molecule has 0 spiro atoms. The molecule has 0 bridgehead atoms. The smallest absolute Gasteiger partial charge is 0.356 e. The Morgan fingerprint density at radius 3 is 2.53 bits per heavy atom. The molecule has 0 saturated carbocycles. The van der Waals surface area contributed by atoms with Crippen molar-refractivity contribution in [3.63, 3.8) is 0 Å². The number of rotatable bonds is 4. The van der Waals surface area contributed by atoms with Gasteiger partial charge in [-0.15, -0.1) is 0 Å². The minimum absolute atomic E-state index is 0.0945. The second-order valence-corrected chi connectivity index (χ2v) is 3.68. The van der Waals surface area contributed by atoms with Crippen LogP contribution in [0.2, 0.25) is 0 Å². The fourth-order valence-electron chi connectivity index (χ4n) is 1.42. The van der Waals surface area contributed by atoms with Crippen LogP contribution in [0.4, 0.5) is 0 Å². The molecule has 1 aromatic rings. The molecule has 1 N–H and O–H groups in total. The van der Waals surface area contributed by atoms with E-state index in [1.54, 1.807) is 32.0 Å². The van der Waals surface area contributed by atoms with Gasteiger partial charge < -0.3 is 4.74 Å². The summed E-state index contributed by atoms with van der Waals surface area (Å²) in [5, 5.41) is 7.73. The molecule has 0 fully saturated rings. The maximum Gasteiger partial charge on any atom is 0.356 e. The third-order valence-corrected chi connectivity index (χ3v) is 2.39. The average Bonchev–Trinajstić information content (AvgIpc) is 2.28. The predicted octanol–water partition coefficient (Wildman–Crippen LogP) is 2.13. The van der Waals surface area contributed by atoms with Gasteiger partial charge in [-0.2, -0.15) is 0 Å². The number of ether oxygens (including phenoxy) is 1. The maximum absolute atomic E-state index is 11.4. The normalized spacial score (nSPS) is 9.82. The standard InChI is InChI=1S/C13H15NO3/c1-4-17-13(16)12(14)11-7-10(9(3)15)6-5-8(11)2/h5-7,14H,4H2,1-3H3. The van der Waals surface area contributed by atoms with Crippen LogP contribution in [0.25, 0.3) is 0 Å². The van der Waals surface area contributed by atoms with E-state index in [1.807, 2.05) is 0 Å². The number of carbonyl (C=O) groups is 2. The van der Waals surface area contributed by atoms with Gasteiger partial charge in [0.25, 0.3) is 0 Å². The molecule has 1 rings (SSSR count). The molecule has 0 radical (unpaired) electrons. The lowest BCUT2D eigenvalue weighted by molar-refractivity contribution is -0.135. The zero-order valence-electron chi connectivity index (χ0n) is 10.2. The highest BCUT2D eigenvalue weighted by Crippen LogP contribution is 2.13. The Balaban J connectivity index is 3.12. The Morgan fingerprint density at radius 1 is 1.35 bits per heavy atom. The lowest BCUT2D eigenvalue weighted by atomic mass is 9.99. The summed E-state index contributed by atoms with van der Waals surface area (Å²) in [7, 11) is 0. The highest BCUT2D eigenvalue weighted by molar-refractivity contribution is 6.42. The van der Waals surface area contributed by atoms with E-state index in [0.29, 0.717) is 11.1 Å². The van der Waals surface area contributed by atoms with Crippen LogP contribution in [0.5, 0.6) is 0 Å². The zero-order valence-corrected chi connectivity index (χ0v) is 10.2. The Morgan fingerprint density at radius 2 is 2.00 bits per heavy atom. The van der Waals surface area contributed by atoms with E-state index in [4.69, 9.17) is 10.1 Å². The number of esters is 1. The fraction of sp³-hybridized carbons (Fsp3) is 0.308. The number of hydrogen-bond acceptors (Lipinski definition) is 4. The van der Waals surface area contributed by atoms with Crippen LogP contribution in [-0.4, -0.2) is 24.1 Å². The molecule has 0 aromatic heterocycles. The van der Waals surface area contributed by atoms with Gasteiger partial charge in [0.15, 0.2) is 5.78 Å². The quantitative estimate of drug-likeness (QED) is 0.492. The van der Waals surface area contributed by atoms with E-state index in [9.17, 15) is 9.59 Å². The minimum Gasteiger partial charge on any atom is -0.461 e. The number of nitrogens with one attached hydrogen (secondary N) is 1. The van der Waals surface area contributed by atoms with E-state index >= 15 is 0 Å². The average molecular weight is 233 g/mol. The third kappa shape index (κ3) is 3.00. The van der Waals surface area contributed by atoms with Crippen LogP contribution in [-0.2, 0) is 9.53 Å². The van der Waals surface area contributed by atoms with Gasteiger partial charge >= 0.3 is 5.97 Å². The van der Waals surface area contributed by atoms with Crippen LogP contribution in [0.1, 0.15) is 35.3 Å². The summed E-state index contributed by atoms with van der Waals surface area (Å²) < 4.78 is 4.77. The molecule has 0 saturated heterocycles. The van der Waals surface area contributed by atoms with Gasteiger partial charge in [0.05, 0.1) is 6.61 Å². The number of benzene rings is 1. The summed E-state index contributed by atoms with van der Waals surface area (Å²) in [4.78, 5) is 22.7. The number of aryl methyl sites for hydroxylation is 1. The number of Topliss-reactive ketones (excluding diaryl/α,β-unsaturated/α-hetero) is 1. The Bertz CT molecular complexity index is 478. The molecule has 0 aliphatic heterocycles. The maximum atomic E-state index is 11.4. The third-order valence-electron chi connectivity index (χ3n) is 2.39. The molecule has 1 aromatic carbocycles. The van der Waals surface area contributed by atoms with Gasteiger partial charge in [0.1, 0.15) is 5.71 Å². The molecule has 0 amide bonds. The second-order valence-electron chi connectivity index (χ2n) is 3.68. The van der Waals surface area contributed by atoms with Gasteiger partial charge in [-0.1, -0.05) is 12.1 Å². The van der Waals surface area contributed by atoms with Crippen molar-refractivity contribution in [3.8, 4) is 0 Å². The van der Waals surface area contributed by atoms with Crippen LogP contribution >= 0.6 is 0 Å². The summed E-state index contributed by atoms with van der Waals surface area (Å²) in [6.07, 6.45) is 0.